The molecule has 0 atom stereocenters. The Bertz CT molecular complexity index is 2200. The first-order valence-corrected chi connectivity index (χ1v) is 22.7. The van der Waals surface area contributed by atoms with Crippen LogP contribution in [0, 0.1) is 0 Å². The molecule has 0 nitrogen and oxygen atoms in total. The summed E-state index contributed by atoms with van der Waals surface area (Å²) in [5.74, 6) is 0. The fourth-order valence-electron chi connectivity index (χ4n) is 8.66. The van der Waals surface area contributed by atoms with Crippen LogP contribution in [-0.2, 0) is 12.3 Å². The van der Waals surface area contributed by atoms with Gasteiger partial charge in [-0.3, -0.25) is 0 Å². The van der Waals surface area contributed by atoms with Gasteiger partial charge in [0.15, 0.2) is 0 Å². The maximum Gasteiger partial charge on any atom is 0.116 e. The average molecular weight is 802 g/mol. The molecule has 0 spiro atoms. The largest absolute Gasteiger partial charge is 0.147 e. The zero-order valence-electron chi connectivity index (χ0n) is 31.1. The Morgan fingerprint density at radius 3 is 0.554 bits per heavy atom. The van der Waals surface area contributed by atoms with E-state index in [0.717, 1.165) is 12.3 Å². The molecule has 0 aliphatic heterocycles. The second-order valence-corrected chi connectivity index (χ2v) is 21.0. The van der Waals surface area contributed by atoms with Crippen molar-refractivity contribution in [2.75, 3.05) is 0 Å². The van der Waals surface area contributed by atoms with E-state index in [4.69, 9.17) is 0 Å². The number of fused-ring (bicyclic) bond motifs is 2. The number of halogens is 2. The molecule has 0 aliphatic carbocycles. The van der Waals surface area contributed by atoms with E-state index in [-0.39, 0.29) is 24.8 Å². The Kier molecular flexibility index (Phi) is 12.2. The lowest BCUT2D eigenvalue weighted by Crippen LogP contribution is -2.33. The molecule has 9 aromatic rings. The van der Waals surface area contributed by atoms with Crippen LogP contribution in [0.2, 0.25) is 0 Å². The Balaban J connectivity index is 0.00000240. The quantitative estimate of drug-likeness (QED) is 0.0955. The molecule has 274 valence electrons. The summed E-state index contributed by atoms with van der Waals surface area (Å²) in [6, 6.07) is 86.4. The summed E-state index contributed by atoms with van der Waals surface area (Å²) in [6.07, 6.45) is 1.84. The summed E-state index contributed by atoms with van der Waals surface area (Å²) in [5.41, 5.74) is 2.86. The molecule has 0 amide bonds. The summed E-state index contributed by atoms with van der Waals surface area (Å²) in [5, 5.41) is 13.8. The highest BCUT2D eigenvalue weighted by atomic mass is 35.5. The minimum atomic E-state index is -2.18. The van der Waals surface area contributed by atoms with Crippen LogP contribution in [0.5, 0.6) is 0 Å². The fraction of sp³-hybridized carbons (Fsp3) is 0.0385. The zero-order chi connectivity index (χ0) is 36.2. The van der Waals surface area contributed by atoms with Crippen molar-refractivity contribution in [2.45, 2.75) is 12.3 Å². The number of hydrogen-bond donors (Lipinski definition) is 0. The highest BCUT2D eigenvalue weighted by molar-refractivity contribution is 7.95. The highest BCUT2D eigenvalue weighted by Gasteiger charge is 2.48. The molecule has 0 bridgehead atoms. The molecule has 4 heteroatoms. The van der Waals surface area contributed by atoms with Crippen molar-refractivity contribution in [1.29, 1.82) is 0 Å². The fourth-order valence-corrected chi connectivity index (χ4v) is 17.3. The van der Waals surface area contributed by atoms with Gasteiger partial charge < -0.3 is 0 Å². The van der Waals surface area contributed by atoms with E-state index < -0.39 is 14.5 Å². The molecule has 0 saturated carbocycles. The number of hydrogen-bond acceptors (Lipinski definition) is 0. The van der Waals surface area contributed by atoms with Gasteiger partial charge in [-0.25, -0.2) is 0 Å². The van der Waals surface area contributed by atoms with Crippen LogP contribution >= 0.6 is 39.3 Å². The molecule has 0 fully saturated rings. The molecular formula is C52H44Cl2P2+2. The van der Waals surface area contributed by atoms with Crippen LogP contribution < -0.4 is 31.8 Å². The van der Waals surface area contributed by atoms with Crippen molar-refractivity contribution in [3.63, 3.8) is 0 Å². The molecule has 0 aliphatic rings. The van der Waals surface area contributed by atoms with E-state index in [1.807, 2.05) is 0 Å². The van der Waals surface area contributed by atoms with Gasteiger partial charge >= 0.3 is 0 Å². The van der Waals surface area contributed by atoms with Crippen LogP contribution in [0.1, 0.15) is 11.1 Å². The lowest BCUT2D eigenvalue weighted by atomic mass is 9.93. The highest BCUT2D eigenvalue weighted by Crippen LogP contribution is 2.62. The Morgan fingerprint density at radius 1 is 0.214 bits per heavy atom. The van der Waals surface area contributed by atoms with Gasteiger partial charge in [0.05, 0.1) is 12.3 Å². The van der Waals surface area contributed by atoms with Crippen LogP contribution in [0.3, 0.4) is 0 Å². The van der Waals surface area contributed by atoms with E-state index in [9.17, 15) is 0 Å². The van der Waals surface area contributed by atoms with Gasteiger partial charge in [-0.1, -0.05) is 158 Å². The third-order valence-electron chi connectivity index (χ3n) is 11.1. The monoisotopic (exact) mass is 800 g/mol. The molecule has 9 rings (SSSR count). The van der Waals surface area contributed by atoms with Gasteiger partial charge in [0.2, 0.25) is 0 Å². The Labute approximate surface area is 344 Å². The normalized spacial score (nSPS) is 11.4. The molecule has 0 heterocycles. The third-order valence-corrected chi connectivity index (χ3v) is 19.8. The summed E-state index contributed by atoms with van der Waals surface area (Å²) in [4.78, 5) is 0. The topological polar surface area (TPSA) is 0 Å². The van der Waals surface area contributed by atoms with Gasteiger partial charge in [-0.2, -0.15) is 0 Å². The third kappa shape index (κ3) is 6.98. The van der Waals surface area contributed by atoms with Crippen molar-refractivity contribution >= 4 is 92.7 Å². The minimum absolute atomic E-state index is 0. The lowest BCUT2D eigenvalue weighted by molar-refractivity contribution is 1.42. The SMILES string of the molecule is Cl.Cl.c1ccc([P+](Cc2c3ccccc3c(C[P+](c3ccccc3)(c3ccccc3)c3ccccc3)c3ccccc23)(c2ccccc2)c2ccccc2)cc1. The standard InChI is InChI=1S/C52H42P2.2ClH/c1-7-23-41(24-8-1)53(42-25-9-2-10-26-42,43-27-11-3-12-28-43)39-51-47-35-19-21-37-49(47)52(50-38-22-20-36-48(50)51)40-54(44-29-13-4-14-30-44,45-31-15-5-16-32-45)46-33-17-6-18-34-46;;/h1-38H,39-40H2;2*1H/q+2;;. The smallest absolute Gasteiger partial charge is 0.116 e. The van der Waals surface area contributed by atoms with Crippen molar-refractivity contribution in [1.82, 2.24) is 0 Å². The number of benzene rings is 9. The second-order valence-electron chi connectivity index (χ2n) is 14.0. The minimum Gasteiger partial charge on any atom is -0.147 e. The van der Waals surface area contributed by atoms with Gasteiger partial charge in [0, 0.05) is 11.1 Å². The van der Waals surface area contributed by atoms with Gasteiger partial charge in [0.1, 0.15) is 46.4 Å². The second kappa shape index (κ2) is 17.4. The van der Waals surface area contributed by atoms with Crippen LogP contribution in [0.4, 0.5) is 0 Å². The number of rotatable bonds is 10. The zero-order valence-corrected chi connectivity index (χ0v) is 34.5. The average Bonchev–Trinajstić information content (AvgIpc) is 3.27. The van der Waals surface area contributed by atoms with E-state index in [1.54, 1.807) is 0 Å². The summed E-state index contributed by atoms with van der Waals surface area (Å²) in [7, 11) is -4.35. The predicted molar refractivity (Wildman–Crippen MR) is 254 cm³/mol. The Morgan fingerprint density at radius 2 is 0.375 bits per heavy atom. The maximum absolute atomic E-state index is 2.39. The van der Waals surface area contributed by atoms with Crippen molar-refractivity contribution in [3.05, 3.63) is 242 Å². The molecule has 0 unspecified atom stereocenters. The lowest BCUT2D eigenvalue weighted by Gasteiger charge is -2.31. The van der Waals surface area contributed by atoms with Crippen molar-refractivity contribution in [2.24, 2.45) is 0 Å². The van der Waals surface area contributed by atoms with Gasteiger partial charge in [-0.05, 0) is 94.3 Å². The summed E-state index contributed by atoms with van der Waals surface area (Å²) >= 11 is 0. The molecule has 0 radical (unpaired) electrons. The molecule has 0 saturated heterocycles. The van der Waals surface area contributed by atoms with Crippen LogP contribution in [0.25, 0.3) is 21.5 Å². The van der Waals surface area contributed by atoms with E-state index in [2.05, 4.69) is 231 Å². The van der Waals surface area contributed by atoms with Crippen LogP contribution in [-0.4, -0.2) is 0 Å². The van der Waals surface area contributed by atoms with E-state index in [0.29, 0.717) is 0 Å². The summed E-state index contributed by atoms with van der Waals surface area (Å²) < 4.78 is 0. The van der Waals surface area contributed by atoms with Gasteiger partial charge in [-0.15, -0.1) is 24.8 Å². The predicted octanol–water partition coefficient (Wildman–Crippen LogP) is 11.8. The van der Waals surface area contributed by atoms with Crippen molar-refractivity contribution < 1.29 is 0 Å². The van der Waals surface area contributed by atoms with E-state index >= 15 is 0 Å². The molecule has 0 N–H and O–H groups in total. The molecule has 0 aromatic heterocycles. The molecule has 9 aromatic carbocycles. The first-order chi connectivity index (χ1) is 26.8. The van der Waals surface area contributed by atoms with Gasteiger partial charge in [0.25, 0.3) is 0 Å². The first kappa shape index (κ1) is 39.2. The maximum atomic E-state index is 2.39. The van der Waals surface area contributed by atoms with Crippen molar-refractivity contribution in [3.8, 4) is 0 Å². The molecule has 56 heavy (non-hydrogen) atoms. The summed E-state index contributed by atoms with van der Waals surface area (Å²) in [6.45, 7) is 0. The van der Waals surface area contributed by atoms with E-state index in [1.165, 1.54) is 64.5 Å². The first-order valence-electron chi connectivity index (χ1n) is 18.8. The molecular weight excluding hydrogens is 757 g/mol. The van der Waals surface area contributed by atoms with Crippen LogP contribution in [0.15, 0.2) is 231 Å². The Hall–Kier alpha value is -5.06.